The molecule has 4 N–H and O–H groups in total. The molecule has 10 aliphatic heterocycles. The van der Waals surface area contributed by atoms with Gasteiger partial charge in [-0.05, 0) is 172 Å². The molecule has 12 rings (SSSR count). The Kier molecular flexibility index (Phi) is 19.8. The molecule has 16 heteroatoms. The number of aromatic amines is 2. The molecule has 0 unspecified atom stereocenters. The van der Waals surface area contributed by atoms with Crippen molar-refractivity contribution < 1.29 is 18.9 Å². The Morgan fingerprint density at radius 3 is 1.08 bits per heavy atom. The Bertz CT molecular complexity index is 4010. The quantitative estimate of drug-likeness (QED) is 0.0457. The van der Waals surface area contributed by atoms with E-state index in [9.17, 15) is 0 Å². The van der Waals surface area contributed by atoms with Crippen molar-refractivity contribution in [3.05, 3.63) is 263 Å². The van der Waals surface area contributed by atoms with Gasteiger partial charge in [0, 0.05) is 99.0 Å². The number of hydrogen-bond donors (Lipinski definition) is 4. The largest absolute Gasteiger partial charge is 0.377 e. The van der Waals surface area contributed by atoms with Gasteiger partial charge in [0.1, 0.15) is 11.6 Å². The first kappa shape index (κ1) is 61.8. The lowest BCUT2D eigenvalue weighted by atomic mass is 10.0. The second-order valence-electron chi connectivity index (χ2n) is 22.5. The molecular weight excluding hydrogens is 1140 g/mol. The zero-order valence-electron chi connectivity index (χ0n) is 52.2. The summed E-state index contributed by atoms with van der Waals surface area (Å²) in [4.78, 5) is 44.1. The van der Waals surface area contributed by atoms with E-state index in [1.165, 1.54) is 0 Å². The minimum Gasteiger partial charge on any atom is -0.377 e. The van der Waals surface area contributed by atoms with Crippen LogP contribution in [0.4, 0.5) is 0 Å². The third kappa shape index (κ3) is 13.8. The topological polar surface area (TPSA) is 173 Å². The molecule has 0 aliphatic carbocycles. The fourth-order valence-corrected chi connectivity index (χ4v) is 11.9. The maximum absolute atomic E-state index is 5.90. The molecule has 0 spiro atoms. The van der Waals surface area contributed by atoms with Crippen LogP contribution in [0.25, 0.3) is 22.3 Å². The highest BCUT2D eigenvalue weighted by atomic mass is 16.5. The van der Waals surface area contributed by atoms with Crippen LogP contribution in [0.2, 0.25) is 0 Å². The van der Waals surface area contributed by atoms with Crippen molar-refractivity contribution in [1.29, 1.82) is 0 Å². The average molecular weight is 1220 g/mol. The number of aromatic nitrogens is 2. The molecule has 2 aromatic rings. The van der Waals surface area contributed by atoms with Gasteiger partial charge in [0.15, 0.2) is 0 Å². The van der Waals surface area contributed by atoms with Crippen molar-refractivity contribution >= 4 is 56.6 Å². The highest BCUT2D eigenvalue weighted by molar-refractivity contribution is 6.32. The molecule has 16 nitrogen and oxygen atoms in total. The van der Waals surface area contributed by atoms with E-state index in [0.29, 0.717) is 113 Å². The number of H-pyrrole nitrogens is 2. The predicted molar refractivity (Wildman–Crippen MR) is 373 cm³/mol. The number of rotatable bonds is 24. The second-order valence-corrected chi connectivity index (χ2v) is 22.5. The summed E-state index contributed by atoms with van der Waals surface area (Å²) in [5.41, 5.74) is 19.9. The molecule has 92 heavy (non-hydrogen) atoms. The van der Waals surface area contributed by atoms with Crippen molar-refractivity contribution in [3.63, 3.8) is 0 Å². The number of nitrogens with zero attached hydrogens (tertiary/aromatic N) is 8. The van der Waals surface area contributed by atoms with E-state index in [1.807, 2.05) is 63.2 Å². The van der Waals surface area contributed by atoms with Crippen molar-refractivity contribution in [2.45, 2.75) is 51.4 Å². The number of ether oxygens (including phenoxy) is 4. The van der Waals surface area contributed by atoms with Crippen LogP contribution >= 0.6 is 0 Å². The van der Waals surface area contributed by atoms with Gasteiger partial charge >= 0.3 is 0 Å². The summed E-state index contributed by atoms with van der Waals surface area (Å²) in [6.45, 7) is 19.5. The van der Waals surface area contributed by atoms with Crippen molar-refractivity contribution in [3.8, 4) is 23.7 Å². The normalized spacial score (nSPS) is 19.7. The first-order valence-electron chi connectivity index (χ1n) is 31.3. The lowest BCUT2D eigenvalue weighted by Gasteiger charge is -2.17. The lowest BCUT2D eigenvalue weighted by Crippen LogP contribution is -2.19. The number of hydrogen-bond acceptors (Lipinski definition) is 14. The van der Waals surface area contributed by atoms with Gasteiger partial charge in [-0.2, -0.15) is 0 Å². The fourth-order valence-electron chi connectivity index (χ4n) is 11.9. The van der Waals surface area contributed by atoms with Crippen molar-refractivity contribution in [2.75, 3.05) is 67.0 Å². The Hall–Kier alpha value is -10.5. The standard InChI is InChI=1S/C76H74N12O4/c1-7-43-89-47-13-19-53-61-27-23-57(79-61)51(58-24-28-62(80-58)54(20-14-48-90-44-8-2)66-32-36-70(84-66)73(69-35-31-65(53)83-69)75-77-39-41-87(75)5)17-11-12-18-52-59-25-29-63(81-59)55(21-15-49-91-45-9-3)67-33-37-71(85-67)74(76-78-40-42-88(76)6)72-38-34-68(86-72)56(22-16-50-92-46-10-4)64-30-26-60(52)82-64/h7-10,23-42,77-78,83,85H,1-4,13-16,19-22,43-50H2,5-6H3/b58-51?,60-52?,61-53?,63-55?,66-54?,68-56?,75-73+,76-74+. The average Bonchev–Trinajstić information content (AvgIpc) is 1.85. The highest BCUT2D eigenvalue weighted by Gasteiger charge is 2.30. The number of allylic oxidation sites excluding steroid dienone is 20. The van der Waals surface area contributed by atoms with E-state index in [2.05, 4.69) is 153 Å². The summed E-state index contributed by atoms with van der Waals surface area (Å²) in [6, 6.07) is 8.50. The van der Waals surface area contributed by atoms with Crippen LogP contribution in [0.15, 0.2) is 271 Å². The summed E-state index contributed by atoms with van der Waals surface area (Å²) < 4.78 is 23.6. The monoisotopic (exact) mass is 1220 g/mol. The summed E-state index contributed by atoms with van der Waals surface area (Å²) in [5, 5.41) is 6.97. The molecule has 0 saturated heterocycles. The predicted octanol–water partition coefficient (Wildman–Crippen LogP) is 12.9. The number of aliphatic imine (C=N–C) groups is 6. The van der Waals surface area contributed by atoms with E-state index in [-0.39, 0.29) is 0 Å². The van der Waals surface area contributed by atoms with Crippen molar-refractivity contribution in [1.82, 2.24) is 30.4 Å². The van der Waals surface area contributed by atoms with Crippen LogP contribution in [-0.4, -0.2) is 121 Å². The van der Waals surface area contributed by atoms with E-state index in [4.69, 9.17) is 48.9 Å². The molecular formula is C76H74N12O4. The molecule has 462 valence electrons. The Morgan fingerprint density at radius 2 is 0.707 bits per heavy atom. The first-order valence-corrected chi connectivity index (χ1v) is 31.3. The van der Waals surface area contributed by atoms with Gasteiger partial charge in [0.2, 0.25) is 0 Å². The SMILES string of the molecule is C=CCOCCCC1=C2C=CC(=N2)/C(=C2\NC=CN2C)c2ccc([nH]2)C(CCCOCC=C)=C2C=CC(=N2)C(C#CC#CC2=C3C=CC(=N3)C(CCCOCC=C)=C3C=CC(=N3)/C(=C3\NC=CN3C)c3ccc([nH]3)C(CCCOCC=C)=C3C=CC2=N3)=C2C=CC1=N2. The van der Waals surface area contributed by atoms with Gasteiger partial charge in [0.25, 0.3) is 0 Å². The molecule has 0 aromatic carbocycles. The van der Waals surface area contributed by atoms with E-state index in [1.54, 1.807) is 24.3 Å². The van der Waals surface area contributed by atoms with Gasteiger partial charge in [0.05, 0.1) is 129 Å². The lowest BCUT2D eigenvalue weighted by molar-refractivity contribution is 0.160. The third-order valence-corrected chi connectivity index (χ3v) is 16.3. The summed E-state index contributed by atoms with van der Waals surface area (Å²) >= 11 is 0. The molecule has 12 heterocycles. The van der Waals surface area contributed by atoms with E-state index < -0.39 is 0 Å². The highest BCUT2D eigenvalue weighted by Crippen LogP contribution is 2.38. The van der Waals surface area contributed by atoms with E-state index >= 15 is 0 Å². The fraction of sp³-hybridized carbons (Fsp3) is 0.237. The van der Waals surface area contributed by atoms with Gasteiger partial charge in [-0.15, -0.1) is 26.3 Å². The molecule has 0 radical (unpaired) electrons. The molecule has 0 atom stereocenters. The number of fused-ring (bicyclic) bond motifs is 10. The third-order valence-electron chi connectivity index (χ3n) is 16.3. The zero-order chi connectivity index (χ0) is 63.2. The van der Waals surface area contributed by atoms with Crippen LogP contribution < -0.4 is 10.6 Å². The van der Waals surface area contributed by atoms with Crippen LogP contribution in [-0.2, 0) is 18.9 Å². The molecule has 2 aromatic heterocycles. The first-order chi connectivity index (χ1) is 45.3. The Labute approximate surface area is 538 Å². The maximum atomic E-state index is 5.90. The zero-order valence-corrected chi connectivity index (χ0v) is 52.2. The summed E-state index contributed by atoms with van der Waals surface area (Å²) in [6.07, 6.45) is 45.3. The number of nitrogens with one attached hydrogen (secondary N) is 4. The van der Waals surface area contributed by atoms with Gasteiger partial charge in [-0.25, -0.2) is 30.0 Å². The smallest absolute Gasteiger partial charge is 0.121 e. The second kappa shape index (κ2) is 29.4. The Balaban J connectivity index is 0.999. The molecule has 16 bridgehead atoms. The van der Waals surface area contributed by atoms with Crippen molar-refractivity contribution in [2.24, 2.45) is 30.0 Å². The van der Waals surface area contributed by atoms with Gasteiger partial charge in [-0.3, -0.25) is 0 Å². The van der Waals surface area contributed by atoms with Crippen LogP contribution in [0.3, 0.4) is 0 Å². The van der Waals surface area contributed by atoms with Crippen LogP contribution in [0.1, 0.15) is 74.1 Å². The molecule has 0 amide bonds. The summed E-state index contributed by atoms with van der Waals surface area (Å²) in [5.74, 6) is 15.4. The maximum Gasteiger partial charge on any atom is 0.121 e. The minimum atomic E-state index is 0.470. The van der Waals surface area contributed by atoms with Gasteiger partial charge in [-0.1, -0.05) is 24.3 Å². The molecule has 0 fully saturated rings. The van der Waals surface area contributed by atoms with E-state index in [0.717, 1.165) is 139 Å². The molecule has 0 saturated carbocycles. The van der Waals surface area contributed by atoms with Crippen LogP contribution in [0.5, 0.6) is 0 Å². The van der Waals surface area contributed by atoms with Gasteiger partial charge < -0.3 is 49.3 Å². The molecule has 10 aliphatic rings. The minimum absolute atomic E-state index is 0.470. The van der Waals surface area contributed by atoms with Crippen LogP contribution in [0, 0.1) is 23.7 Å². The summed E-state index contributed by atoms with van der Waals surface area (Å²) in [7, 11) is 4.06. The Morgan fingerprint density at radius 1 is 0.391 bits per heavy atom.